The molecule has 1 atom stereocenters. The van der Waals surface area contributed by atoms with Crippen molar-refractivity contribution in [2.45, 2.75) is 58.4 Å². The smallest absolute Gasteiger partial charge is 0.217 e. The van der Waals surface area contributed by atoms with Gasteiger partial charge in [-0.15, -0.1) is 0 Å². The van der Waals surface area contributed by atoms with E-state index in [-0.39, 0.29) is 23.8 Å². The summed E-state index contributed by atoms with van der Waals surface area (Å²) in [4.78, 5) is 16.0. The highest BCUT2D eigenvalue weighted by atomic mass is 16.5. The SMILES string of the molecule is C=C(N)C(CNC(C)(C)OC(C)(C)C)(NC(C)=O)C(C=CN)=NC. The minimum absolute atomic E-state index is 0.238. The van der Waals surface area contributed by atoms with Crippen molar-refractivity contribution >= 4 is 11.6 Å². The molecule has 0 aromatic carbocycles. The van der Waals surface area contributed by atoms with E-state index in [1.165, 1.54) is 13.1 Å². The Morgan fingerprint density at radius 2 is 1.83 bits per heavy atom. The molecule has 1 amide bonds. The summed E-state index contributed by atoms with van der Waals surface area (Å²) in [6, 6.07) is 0. The van der Waals surface area contributed by atoms with Crippen molar-refractivity contribution in [3.05, 3.63) is 24.6 Å². The third-order valence-electron chi connectivity index (χ3n) is 3.21. The van der Waals surface area contributed by atoms with Crippen LogP contribution in [0.1, 0.15) is 41.5 Å². The van der Waals surface area contributed by atoms with E-state index in [4.69, 9.17) is 16.2 Å². The standard InChI is InChI=1S/C17H33N5O2/c1-12(19)17(22-13(2)23,14(20-8)9-10-18)11-21-16(6,7)24-15(3,4)5/h9-10,21H,1,11,18-19H2,2-8H3,(H,22,23). The summed E-state index contributed by atoms with van der Waals surface area (Å²) >= 11 is 0. The van der Waals surface area contributed by atoms with E-state index in [0.717, 1.165) is 0 Å². The molecule has 0 saturated carbocycles. The molecule has 24 heavy (non-hydrogen) atoms. The molecule has 0 rings (SSSR count). The number of carbonyl (C=O) groups excluding carboxylic acids is 1. The van der Waals surface area contributed by atoms with Crippen molar-refractivity contribution in [3.8, 4) is 0 Å². The fourth-order valence-corrected chi connectivity index (χ4v) is 2.50. The lowest BCUT2D eigenvalue weighted by molar-refractivity contribution is -0.132. The van der Waals surface area contributed by atoms with Crippen LogP contribution in [0, 0.1) is 0 Å². The van der Waals surface area contributed by atoms with Gasteiger partial charge in [-0.1, -0.05) is 6.58 Å². The molecule has 0 aromatic rings. The van der Waals surface area contributed by atoms with Crippen LogP contribution in [-0.4, -0.2) is 42.1 Å². The molecule has 0 bridgehead atoms. The first-order valence-corrected chi connectivity index (χ1v) is 7.84. The molecule has 0 saturated heterocycles. The van der Waals surface area contributed by atoms with Crippen molar-refractivity contribution in [1.29, 1.82) is 0 Å². The van der Waals surface area contributed by atoms with E-state index >= 15 is 0 Å². The highest BCUT2D eigenvalue weighted by molar-refractivity contribution is 6.07. The molecule has 7 heteroatoms. The zero-order chi connectivity index (χ0) is 19.2. The summed E-state index contributed by atoms with van der Waals surface area (Å²) in [5.41, 5.74) is 10.2. The molecular weight excluding hydrogens is 306 g/mol. The van der Waals surface area contributed by atoms with Gasteiger partial charge in [-0.3, -0.25) is 15.1 Å². The van der Waals surface area contributed by atoms with Gasteiger partial charge < -0.3 is 21.5 Å². The average molecular weight is 339 g/mol. The van der Waals surface area contributed by atoms with Crippen LogP contribution in [0.15, 0.2) is 29.5 Å². The van der Waals surface area contributed by atoms with Crippen LogP contribution in [-0.2, 0) is 9.53 Å². The van der Waals surface area contributed by atoms with Crippen molar-refractivity contribution in [2.24, 2.45) is 16.5 Å². The van der Waals surface area contributed by atoms with Gasteiger partial charge in [0, 0.05) is 26.2 Å². The Labute approximate surface area is 145 Å². The largest absolute Gasteiger partial charge is 0.405 e. The highest BCUT2D eigenvalue weighted by Crippen LogP contribution is 2.20. The summed E-state index contributed by atoms with van der Waals surface area (Å²) in [6.45, 7) is 15.2. The Balaban J connectivity index is 5.72. The van der Waals surface area contributed by atoms with E-state index in [0.29, 0.717) is 5.71 Å². The predicted octanol–water partition coefficient (Wildman–Crippen LogP) is 1.02. The van der Waals surface area contributed by atoms with E-state index in [1.54, 1.807) is 13.1 Å². The quantitative estimate of drug-likeness (QED) is 0.389. The molecule has 0 spiro atoms. The van der Waals surface area contributed by atoms with Crippen molar-refractivity contribution in [1.82, 2.24) is 10.6 Å². The topological polar surface area (TPSA) is 115 Å². The average Bonchev–Trinajstić information content (AvgIpc) is 2.37. The normalized spacial score (nSPS) is 16.0. The Bertz CT molecular complexity index is 518. The fraction of sp³-hybridized carbons (Fsp3) is 0.647. The second-order valence-electron chi connectivity index (χ2n) is 7.16. The molecule has 138 valence electrons. The maximum Gasteiger partial charge on any atom is 0.217 e. The maximum absolute atomic E-state index is 11.8. The Morgan fingerprint density at radius 3 is 2.17 bits per heavy atom. The number of hydrogen-bond acceptors (Lipinski definition) is 6. The van der Waals surface area contributed by atoms with Gasteiger partial charge in [0.05, 0.1) is 11.3 Å². The molecule has 1 unspecified atom stereocenters. The molecule has 0 fully saturated rings. The van der Waals surface area contributed by atoms with Crippen LogP contribution >= 0.6 is 0 Å². The van der Waals surface area contributed by atoms with Gasteiger partial charge in [0.15, 0.2) is 0 Å². The van der Waals surface area contributed by atoms with Crippen molar-refractivity contribution < 1.29 is 9.53 Å². The third-order valence-corrected chi connectivity index (χ3v) is 3.21. The maximum atomic E-state index is 11.8. The first-order valence-electron chi connectivity index (χ1n) is 7.84. The number of amides is 1. The third kappa shape index (κ3) is 6.72. The number of carbonyl (C=O) groups is 1. The lowest BCUT2D eigenvalue weighted by atomic mass is 9.88. The predicted molar refractivity (Wildman–Crippen MR) is 99.5 cm³/mol. The number of aliphatic imine (C=N–C) groups is 1. The van der Waals surface area contributed by atoms with Crippen LogP contribution in [0.25, 0.3) is 0 Å². The molecule has 7 nitrogen and oxygen atoms in total. The lowest BCUT2D eigenvalue weighted by Crippen LogP contribution is -2.64. The van der Waals surface area contributed by atoms with E-state index in [2.05, 4.69) is 22.2 Å². The summed E-state index contributed by atoms with van der Waals surface area (Å²) in [5.74, 6) is -0.260. The van der Waals surface area contributed by atoms with Crippen LogP contribution in [0.3, 0.4) is 0 Å². The molecule has 0 radical (unpaired) electrons. The molecule has 0 heterocycles. The van der Waals surface area contributed by atoms with Gasteiger partial charge in [0.25, 0.3) is 0 Å². The summed E-state index contributed by atoms with van der Waals surface area (Å²) in [5, 5.41) is 6.13. The first-order chi connectivity index (χ1) is 10.8. The monoisotopic (exact) mass is 339 g/mol. The van der Waals surface area contributed by atoms with Crippen LogP contribution in [0.4, 0.5) is 0 Å². The molecule has 0 aliphatic heterocycles. The van der Waals surface area contributed by atoms with Gasteiger partial charge in [0.1, 0.15) is 11.3 Å². The first kappa shape index (κ1) is 22.1. The number of nitrogens with two attached hydrogens (primary N) is 2. The molecular formula is C17H33N5O2. The number of hydrogen-bond donors (Lipinski definition) is 4. The zero-order valence-electron chi connectivity index (χ0n) is 16.0. The molecule has 0 aromatic heterocycles. The van der Waals surface area contributed by atoms with Gasteiger partial charge in [-0.2, -0.15) is 0 Å². The van der Waals surface area contributed by atoms with E-state index < -0.39 is 11.3 Å². The summed E-state index contributed by atoms with van der Waals surface area (Å²) < 4.78 is 6.00. The second kappa shape index (κ2) is 8.30. The molecule has 0 aliphatic rings. The number of nitrogens with one attached hydrogen (secondary N) is 2. The van der Waals surface area contributed by atoms with E-state index in [9.17, 15) is 4.79 Å². The van der Waals surface area contributed by atoms with Crippen LogP contribution in [0.5, 0.6) is 0 Å². The highest BCUT2D eigenvalue weighted by Gasteiger charge is 2.39. The minimum Gasteiger partial charge on any atom is -0.405 e. The lowest BCUT2D eigenvalue weighted by Gasteiger charge is -2.40. The number of ether oxygens (including phenoxy) is 1. The Hall–Kier alpha value is -1.86. The van der Waals surface area contributed by atoms with Crippen LogP contribution < -0.4 is 22.1 Å². The van der Waals surface area contributed by atoms with Crippen LogP contribution in [0.2, 0.25) is 0 Å². The number of nitrogens with zero attached hydrogens (tertiary/aromatic N) is 1. The van der Waals surface area contributed by atoms with Gasteiger partial charge in [0.2, 0.25) is 5.91 Å². The molecule has 0 aliphatic carbocycles. The van der Waals surface area contributed by atoms with Gasteiger partial charge >= 0.3 is 0 Å². The summed E-state index contributed by atoms with van der Waals surface area (Å²) in [6.07, 6.45) is 2.94. The van der Waals surface area contributed by atoms with Gasteiger partial charge in [-0.25, -0.2) is 0 Å². The van der Waals surface area contributed by atoms with Crippen molar-refractivity contribution in [2.75, 3.05) is 13.6 Å². The number of rotatable bonds is 8. The fourth-order valence-electron chi connectivity index (χ4n) is 2.50. The van der Waals surface area contributed by atoms with Gasteiger partial charge in [-0.05, 0) is 46.9 Å². The van der Waals surface area contributed by atoms with Crippen molar-refractivity contribution in [3.63, 3.8) is 0 Å². The van der Waals surface area contributed by atoms with E-state index in [1.807, 2.05) is 34.6 Å². The molecule has 6 N–H and O–H groups in total. The minimum atomic E-state index is -1.10. The Morgan fingerprint density at radius 1 is 1.29 bits per heavy atom. The Kier molecular flexibility index (Phi) is 7.66. The summed E-state index contributed by atoms with van der Waals surface area (Å²) in [7, 11) is 1.60. The zero-order valence-corrected chi connectivity index (χ0v) is 16.0. The second-order valence-corrected chi connectivity index (χ2v) is 7.16.